The predicted octanol–water partition coefficient (Wildman–Crippen LogP) is 3.56. The van der Waals surface area contributed by atoms with Crippen LogP contribution in [0.15, 0.2) is 24.3 Å². The van der Waals surface area contributed by atoms with Crippen LogP contribution in [0.2, 0.25) is 5.02 Å². The zero-order valence-electron chi connectivity index (χ0n) is 10.4. The van der Waals surface area contributed by atoms with Crippen LogP contribution in [-0.4, -0.2) is 18.8 Å². The van der Waals surface area contributed by atoms with Gasteiger partial charge < -0.3 is 10.1 Å². The maximum Gasteiger partial charge on any atom is 0.0604 e. The summed E-state index contributed by atoms with van der Waals surface area (Å²) in [7, 11) is 0. The summed E-state index contributed by atoms with van der Waals surface area (Å²) < 4.78 is 5.55. The highest BCUT2D eigenvalue weighted by atomic mass is 35.5. The van der Waals surface area contributed by atoms with Crippen LogP contribution >= 0.6 is 11.6 Å². The van der Waals surface area contributed by atoms with Crippen LogP contribution in [0.3, 0.4) is 0 Å². The van der Waals surface area contributed by atoms with Gasteiger partial charge in [-0.1, -0.05) is 23.7 Å². The molecule has 1 saturated carbocycles. The number of benzene rings is 1. The molecule has 17 heavy (non-hydrogen) atoms. The van der Waals surface area contributed by atoms with Gasteiger partial charge >= 0.3 is 0 Å². The molecule has 0 heterocycles. The summed E-state index contributed by atoms with van der Waals surface area (Å²) in [4.78, 5) is 0. The monoisotopic (exact) mass is 253 g/mol. The molecule has 94 valence electrons. The molecule has 0 saturated heterocycles. The lowest BCUT2D eigenvalue weighted by Gasteiger charge is -2.37. The lowest BCUT2D eigenvalue weighted by molar-refractivity contribution is -0.0120. The summed E-state index contributed by atoms with van der Waals surface area (Å²) in [6.45, 7) is 5.07. The first-order chi connectivity index (χ1) is 8.19. The lowest BCUT2D eigenvalue weighted by atomic mass is 9.88. The standard InChI is InChI=1S/C14H20ClNO/c1-3-17-14-8-13(9-14)16-10(2)11-4-6-12(15)7-5-11/h4-7,10,13-14,16H,3,8-9H2,1-2H3. The fraction of sp³-hybridized carbons (Fsp3) is 0.571. The summed E-state index contributed by atoms with van der Waals surface area (Å²) in [5.74, 6) is 0. The van der Waals surface area contributed by atoms with E-state index in [2.05, 4.69) is 31.3 Å². The highest BCUT2D eigenvalue weighted by molar-refractivity contribution is 6.30. The van der Waals surface area contributed by atoms with Crippen molar-refractivity contribution in [2.45, 2.75) is 44.9 Å². The molecule has 1 aromatic carbocycles. The first-order valence-electron chi connectivity index (χ1n) is 6.32. The van der Waals surface area contributed by atoms with E-state index in [1.165, 1.54) is 5.56 Å². The Hall–Kier alpha value is -0.570. The van der Waals surface area contributed by atoms with Crippen molar-refractivity contribution >= 4 is 11.6 Å². The van der Waals surface area contributed by atoms with Crippen LogP contribution in [0.4, 0.5) is 0 Å². The van der Waals surface area contributed by atoms with Crippen LogP contribution in [0.1, 0.15) is 38.3 Å². The van der Waals surface area contributed by atoms with Crippen LogP contribution in [0.25, 0.3) is 0 Å². The Morgan fingerprint density at radius 3 is 2.59 bits per heavy atom. The lowest BCUT2D eigenvalue weighted by Crippen LogP contribution is -2.46. The van der Waals surface area contributed by atoms with Crippen LogP contribution in [0, 0.1) is 0 Å². The summed E-state index contributed by atoms with van der Waals surface area (Å²) in [5.41, 5.74) is 1.29. The van der Waals surface area contributed by atoms with Gasteiger partial charge in [-0.25, -0.2) is 0 Å². The predicted molar refractivity (Wildman–Crippen MR) is 71.4 cm³/mol. The van der Waals surface area contributed by atoms with Gasteiger partial charge in [-0.15, -0.1) is 0 Å². The molecule has 1 aliphatic rings. The minimum Gasteiger partial charge on any atom is -0.378 e. The molecule has 0 aliphatic heterocycles. The molecule has 1 unspecified atom stereocenters. The highest BCUT2D eigenvalue weighted by Crippen LogP contribution is 2.26. The number of hydrogen-bond acceptors (Lipinski definition) is 2. The molecule has 2 nitrogen and oxygen atoms in total. The molecule has 1 aromatic rings. The maximum absolute atomic E-state index is 5.88. The zero-order valence-corrected chi connectivity index (χ0v) is 11.2. The van der Waals surface area contributed by atoms with Gasteiger partial charge in [-0.3, -0.25) is 0 Å². The van der Waals surface area contributed by atoms with E-state index < -0.39 is 0 Å². The Balaban J connectivity index is 1.78. The van der Waals surface area contributed by atoms with Gasteiger partial charge in [0.2, 0.25) is 0 Å². The van der Waals surface area contributed by atoms with Gasteiger partial charge in [0.15, 0.2) is 0 Å². The third-order valence-electron chi connectivity index (χ3n) is 3.35. The van der Waals surface area contributed by atoms with E-state index in [1.54, 1.807) is 0 Å². The van der Waals surface area contributed by atoms with Gasteiger partial charge in [-0.05, 0) is 44.4 Å². The third kappa shape index (κ3) is 3.44. The van der Waals surface area contributed by atoms with Gasteiger partial charge in [0.1, 0.15) is 0 Å². The van der Waals surface area contributed by atoms with Gasteiger partial charge in [0.05, 0.1) is 6.10 Å². The molecule has 0 spiro atoms. The smallest absolute Gasteiger partial charge is 0.0604 e. The summed E-state index contributed by atoms with van der Waals surface area (Å²) in [5, 5.41) is 4.41. The quantitative estimate of drug-likeness (QED) is 0.867. The number of rotatable bonds is 5. The Labute approximate surface area is 108 Å². The van der Waals surface area contributed by atoms with Crippen molar-refractivity contribution in [3.8, 4) is 0 Å². The van der Waals surface area contributed by atoms with Gasteiger partial charge in [-0.2, -0.15) is 0 Å². The SMILES string of the molecule is CCOC1CC(NC(C)c2ccc(Cl)cc2)C1. The second kappa shape index (κ2) is 5.85. The van der Waals surface area contributed by atoms with E-state index in [1.807, 2.05) is 12.1 Å². The van der Waals surface area contributed by atoms with E-state index in [9.17, 15) is 0 Å². The number of halogens is 1. The highest BCUT2D eigenvalue weighted by Gasteiger charge is 2.30. The molecular weight excluding hydrogens is 234 g/mol. The average Bonchev–Trinajstić information content (AvgIpc) is 2.27. The molecule has 0 amide bonds. The minimum atomic E-state index is 0.375. The molecule has 2 rings (SSSR count). The molecule has 0 aromatic heterocycles. The second-order valence-corrected chi connectivity index (χ2v) is 5.12. The Morgan fingerprint density at radius 1 is 1.35 bits per heavy atom. The fourth-order valence-electron chi connectivity index (χ4n) is 2.27. The molecule has 1 fully saturated rings. The van der Waals surface area contributed by atoms with Gasteiger partial charge in [0.25, 0.3) is 0 Å². The van der Waals surface area contributed by atoms with Crippen molar-refractivity contribution in [1.82, 2.24) is 5.32 Å². The molecular formula is C14H20ClNO. The van der Waals surface area contributed by atoms with Crippen molar-refractivity contribution in [2.24, 2.45) is 0 Å². The van der Waals surface area contributed by atoms with Crippen molar-refractivity contribution in [3.05, 3.63) is 34.9 Å². The van der Waals surface area contributed by atoms with Crippen molar-refractivity contribution < 1.29 is 4.74 Å². The van der Waals surface area contributed by atoms with Crippen LogP contribution in [0.5, 0.6) is 0 Å². The second-order valence-electron chi connectivity index (χ2n) is 4.69. The van der Waals surface area contributed by atoms with Gasteiger partial charge in [0, 0.05) is 23.7 Å². The van der Waals surface area contributed by atoms with Crippen LogP contribution < -0.4 is 5.32 Å². The zero-order chi connectivity index (χ0) is 12.3. The average molecular weight is 254 g/mol. The molecule has 1 atom stereocenters. The summed E-state index contributed by atoms with van der Waals surface area (Å²) in [6, 6.07) is 9.02. The first kappa shape index (κ1) is 12.9. The Kier molecular flexibility index (Phi) is 4.43. The van der Waals surface area contributed by atoms with E-state index in [0.717, 1.165) is 24.5 Å². The summed E-state index contributed by atoms with van der Waals surface area (Å²) in [6.07, 6.45) is 2.73. The number of nitrogens with one attached hydrogen (secondary N) is 1. The largest absolute Gasteiger partial charge is 0.378 e. The number of ether oxygens (including phenoxy) is 1. The van der Waals surface area contributed by atoms with E-state index in [-0.39, 0.29) is 0 Å². The molecule has 0 bridgehead atoms. The normalized spacial score (nSPS) is 25.4. The molecule has 3 heteroatoms. The summed E-state index contributed by atoms with van der Waals surface area (Å²) >= 11 is 5.88. The van der Waals surface area contributed by atoms with E-state index >= 15 is 0 Å². The fourth-order valence-corrected chi connectivity index (χ4v) is 2.40. The minimum absolute atomic E-state index is 0.375. The van der Waals surface area contributed by atoms with E-state index in [4.69, 9.17) is 16.3 Å². The molecule has 1 N–H and O–H groups in total. The molecule has 1 aliphatic carbocycles. The van der Waals surface area contributed by atoms with E-state index in [0.29, 0.717) is 18.2 Å². The van der Waals surface area contributed by atoms with Crippen molar-refractivity contribution in [1.29, 1.82) is 0 Å². The molecule has 0 radical (unpaired) electrons. The Bertz CT molecular complexity index is 346. The van der Waals surface area contributed by atoms with Crippen LogP contribution in [-0.2, 0) is 4.74 Å². The van der Waals surface area contributed by atoms with Crippen molar-refractivity contribution in [3.63, 3.8) is 0 Å². The number of hydrogen-bond donors (Lipinski definition) is 1. The maximum atomic E-state index is 5.88. The van der Waals surface area contributed by atoms with Crippen molar-refractivity contribution in [2.75, 3.05) is 6.61 Å². The first-order valence-corrected chi connectivity index (χ1v) is 6.70. The Morgan fingerprint density at radius 2 is 2.00 bits per heavy atom. The topological polar surface area (TPSA) is 21.3 Å². The third-order valence-corrected chi connectivity index (χ3v) is 3.60.